The van der Waals surface area contributed by atoms with E-state index < -0.39 is 5.54 Å². The smallest absolute Gasteiger partial charge is 0.235 e. The second-order valence-corrected chi connectivity index (χ2v) is 6.71. The fourth-order valence-corrected chi connectivity index (χ4v) is 4.13. The Kier molecular flexibility index (Phi) is 3.80. The van der Waals surface area contributed by atoms with Gasteiger partial charge in [-0.2, -0.15) is 4.99 Å². The molecule has 0 atom stereocenters. The van der Waals surface area contributed by atoms with Gasteiger partial charge in [-0.3, -0.25) is 0 Å². The molecule has 0 amide bonds. The van der Waals surface area contributed by atoms with Crippen molar-refractivity contribution in [3.63, 3.8) is 0 Å². The molecule has 0 aromatic heterocycles. The second kappa shape index (κ2) is 5.47. The lowest BCUT2D eigenvalue weighted by atomic mass is 9.69. The molecule has 0 N–H and O–H groups in total. The van der Waals surface area contributed by atoms with E-state index >= 15 is 0 Å². The van der Waals surface area contributed by atoms with E-state index in [4.69, 9.17) is 9.47 Å². The van der Waals surface area contributed by atoms with Gasteiger partial charge in [-0.05, 0) is 58.3 Å². The Labute approximate surface area is 132 Å². The molecule has 0 radical (unpaired) electrons. The SMILES string of the molecule is CC(C)c1c(C2(N=C=O)CCC2)cc2c(c1Br)OCCO2. The lowest BCUT2D eigenvalue weighted by Gasteiger charge is -2.40. The van der Waals surface area contributed by atoms with Crippen LogP contribution in [0.4, 0.5) is 0 Å². The molecule has 21 heavy (non-hydrogen) atoms. The first-order valence-corrected chi connectivity index (χ1v) is 8.10. The Bertz CT molecular complexity index is 616. The van der Waals surface area contributed by atoms with Crippen molar-refractivity contribution in [2.75, 3.05) is 13.2 Å². The van der Waals surface area contributed by atoms with E-state index in [-0.39, 0.29) is 0 Å². The van der Waals surface area contributed by atoms with E-state index in [0.29, 0.717) is 19.1 Å². The topological polar surface area (TPSA) is 47.9 Å². The van der Waals surface area contributed by atoms with Crippen LogP contribution < -0.4 is 9.47 Å². The number of isocyanates is 1. The molecular formula is C16H18BrNO3. The van der Waals surface area contributed by atoms with Gasteiger partial charge in [-0.1, -0.05) is 13.8 Å². The number of hydrogen-bond acceptors (Lipinski definition) is 4. The molecule has 1 aliphatic carbocycles. The van der Waals surface area contributed by atoms with Gasteiger partial charge in [-0.15, -0.1) is 0 Å². The number of nitrogens with zero attached hydrogens (tertiary/aromatic N) is 1. The zero-order valence-corrected chi connectivity index (χ0v) is 13.8. The molecule has 5 heteroatoms. The first-order valence-electron chi connectivity index (χ1n) is 7.30. The van der Waals surface area contributed by atoms with Crippen LogP contribution in [0.2, 0.25) is 0 Å². The fourth-order valence-electron chi connectivity index (χ4n) is 3.15. The third-order valence-electron chi connectivity index (χ3n) is 4.33. The first-order chi connectivity index (χ1) is 10.1. The monoisotopic (exact) mass is 351 g/mol. The summed E-state index contributed by atoms with van der Waals surface area (Å²) in [5, 5.41) is 0. The molecule has 1 aromatic rings. The van der Waals surface area contributed by atoms with E-state index in [1.54, 1.807) is 6.08 Å². The summed E-state index contributed by atoms with van der Waals surface area (Å²) in [5.74, 6) is 1.79. The van der Waals surface area contributed by atoms with E-state index in [1.165, 1.54) is 0 Å². The summed E-state index contributed by atoms with van der Waals surface area (Å²) < 4.78 is 12.4. The summed E-state index contributed by atoms with van der Waals surface area (Å²) in [4.78, 5) is 15.0. The van der Waals surface area contributed by atoms with Crippen molar-refractivity contribution in [2.45, 2.75) is 44.6 Å². The molecule has 4 nitrogen and oxygen atoms in total. The van der Waals surface area contributed by atoms with Gasteiger partial charge in [0.05, 0.1) is 10.0 Å². The summed E-state index contributed by atoms with van der Waals surface area (Å²) in [6, 6.07) is 2.01. The third-order valence-corrected chi connectivity index (χ3v) is 5.12. The summed E-state index contributed by atoms with van der Waals surface area (Å²) >= 11 is 3.67. The zero-order chi connectivity index (χ0) is 15.0. The van der Waals surface area contributed by atoms with Gasteiger partial charge in [0.1, 0.15) is 13.2 Å². The lowest BCUT2D eigenvalue weighted by molar-refractivity contribution is 0.168. The van der Waals surface area contributed by atoms with Crippen LogP contribution >= 0.6 is 15.9 Å². The summed E-state index contributed by atoms with van der Waals surface area (Å²) in [7, 11) is 0. The van der Waals surface area contributed by atoms with Gasteiger partial charge >= 0.3 is 0 Å². The number of ether oxygens (including phenoxy) is 2. The molecule has 0 unspecified atom stereocenters. The molecular weight excluding hydrogens is 334 g/mol. The largest absolute Gasteiger partial charge is 0.486 e. The standard InChI is InChI=1S/C16H18BrNO3/c1-10(2)13-11(16(18-9-19)4-3-5-16)8-12-15(14(13)17)21-7-6-20-12/h8,10H,3-7H2,1-2H3. The van der Waals surface area contributed by atoms with Gasteiger partial charge in [-0.25, -0.2) is 4.79 Å². The number of carbonyl (C=O) groups excluding carboxylic acids is 1. The van der Waals surface area contributed by atoms with Crippen LogP contribution in [0.5, 0.6) is 11.5 Å². The predicted molar refractivity (Wildman–Crippen MR) is 82.9 cm³/mol. The van der Waals surface area contributed by atoms with Gasteiger partial charge in [0, 0.05) is 0 Å². The third kappa shape index (κ3) is 2.29. The Hall–Kier alpha value is -1.32. The van der Waals surface area contributed by atoms with Gasteiger partial charge in [0.2, 0.25) is 6.08 Å². The maximum atomic E-state index is 10.9. The van der Waals surface area contributed by atoms with Gasteiger partial charge < -0.3 is 9.47 Å². The van der Waals surface area contributed by atoms with Gasteiger partial charge in [0.15, 0.2) is 11.5 Å². The molecule has 1 fully saturated rings. The van der Waals surface area contributed by atoms with Crippen molar-refractivity contribution in [1.29, 1.82) is 0 Å². The molecule has 1 aromatic carbocycles. The van der Waals surface area contributed by atoms with Gasteiger partial charge in [0.25, 0.3) is 0 Å². The quantitative estimate of drug-likeness (QED) is 0.609. The van der Waals surface area contributed by atoms with Crippen molar-refractivity contribution in [2.24, 2.45) is 4.99 Å². The number of fused-ring (bicyclic) bond motifs is 1. The minimum Gasteiger partial charge on any atom is -0.486 e. The van der Waals surface area contributed by atoms with Crippen LogP contribution in [-0.2, 0) is 10.3 Å². The molecule has 0 saturated heterocycles. The van der Waals surface area contributed by atoms with E-state index in [1.807, 2.05) is 6.07 Å². The summed E-state index contributed by atoms with van der Waals surface area (Å²) in [6.45, 7) is 5.37. The average molecular weight is 352 g/mol. The molecule has 2 aliphatic rings. The molecule has 1 aliphatic heterocycles. The predicted octanol–water partition coefficient (Wildman–Crippen LogP) is 4.06. The van der Waals surface area contributed by atoms with Crippen LogP contribution in [-0.4, -0.2) is 19.3 Å². The van der Waals surface area contributed by atoms with Crippen LogP contribution in [0.15, 0.2) is 15.5 Å². The molecule has 3 rings (SSSR count). The molecule has 1 heterocycles. The highest BCUT2D eigenvalue weighted by molar-refractivity contribution is 9.10. The Morgan fingerprint density at radius 2 is 2.05 bits per heavy atom. The number of halogens is 1. The van der Waals surface area contributed by atoms with Crippen LogP contribution in [0.25, 0.3) is 0 Å². The Morgan fingerprint density at radius 1 is 1.33 bits per heavy atom. The van der Waals surface area contributed by atoms with E-state index in [2.05, 4.69) is 34.8 Å². The number of aliphatic imine (C=N–C) groups is 1. The summed E-state index contributed by atoms with van der Waals surface area (Å²) in [6.07, 6.45) is 4.61. The maximum Gasteiger partial charge on any atom is 0.235 e. The number of benzene rings is 1. The normalized spacial score (nSPS) is 18.9. The van der Waals surface area contributed by atoms with Crippen molar-refractivity contribution in [3.8, 4) is 11.5 Å². The lowest BCUT2D eigenvalue weighted by Crippen LogP contribution is -2.34. The van der Waals surface area contributed by atoms with Crippen molar-refractivity contribution < 1.29 is 14.3 Å². The second-order valence-electron chi connectivity index (χ2n) is 5.92. The van der Waals surface area contributed by atoms with E-state index in [9.17, 15) is 4.79 Å². The Morgan fingerprint density at radius 3 is 2.62 bits per heavy atom. The molecule has 1 saturated carbocycles. The minimum absolute atomic E-state index is 0.296. The average Bonchev–Trinajstić information content (AvgIpc) is 2.42. The van der Waals surface area contributed by atoms with Crippen LogP contribution in [0.1, 0.15) is 50.2 Å². The molecule has 112 valence electrons. The van der Waals surface area contributed by atoms with Crippen molar-refractivity contribution in [3.05, 3.63) is 21.7 Å². The highest BCUT2D eigenvalue weighted by Gasteiger charge is 2.42. The highest BCUT2D eigenvalue weighted by Crippen LogP contribution is 2.53. The number of rotatable bonds is 3. The highest BCUT2D eigenvalue weighted by atomic mass is 79.9. The van der Waals surface area contributed by atoms with Crippen LogP contribution in [0, 0.1) is 0 Å². The Balaban J connectivity index is 2.23. The fraction of sp³-hybridized carbons (Fsp3) is 0.562. The summed E-state index contributed by atoms with van der Waals surface area (Å²) in [5.41, 5.74) is 1.79. The number of hydrogen-bond donors (Lipinski definition) is 0. The zero-order valence-electron chi connectivity index (χ0n) is 12.2. The van der Waals surface area contributed by atoms with Crippen LogP contribution in [0.3, 0.4) is 0 Å². The maximum absolute atomic E-state index is 10.9. The molecule has 0 spiro atoms. The van der Waals surface area contributed by atoms with E-state index in [0.717, 1.165) is 46.4 Å². The first kappa shape index (κ1) is 14.6. The van der Waals surface area contributed by atoms with Crippen molar-refractivity contribution >= 4 is 22.0 Å². The molecule has 0 bridgehead atoms. The minimum atomic E-state index is -0.431. The van der Waals surface area contributed by atoms with Crippen molar-refractivity contribution in [1.82, 2.24) is 0 Å².